The first-order valence-electron chi connectivity index (χ1n) is 9.62. The van der Waals surface area contributed by atoms with Crippen molar-refractivity contribution in [1.82, 2.24) is 4.98 Å². The summed E-state index contributed by atoms with van der Waals surface area (Å²) in [5.41, 5.74) is 1.95. The molecule has 1 amide bonds. The second-order valence-corrected chi connectivity index (χ2v) is 10.0. The fourth-order valence-electron chi connectivity index (χ4n) is 3.73. The molecule has 1 unspecified atom stereocenters. The normalized spacial score (nSPS) is 17.9. The zero-order valence-electron chi connectivity index (χ0n) is 16.3. The monoisotopic (exact) mass is 568 g/mol. The molecule has 3 aromatic carbocycles. The summed E-state index contributed by atoms with van der Waals surface area (Å²) in [5, 5.41) is 11.5. The van der Waals surface area contributed by atoms with Crippen LogP contribution in [0.3, 0.4) is 0 Å². The Balaban J connectivity index is 1.73. The van der Waals surface area contributed by atoms with Crippen LogP contribution in [0.2, 0.25) is 0 Å². The number of carbonyl (C=O) groups excluding carboxylic acids is 2. The lowest BCUT2D eigenvalue weighted by Gasteiger charge is -2.23. The quantitative estimate of drug-likeness (QED) is 0.175. The van der Waals surface area contributed by atoms with Gasteiger partial charge in [0.15, 0.2) is 5.13 Å². The Morgan fingerprint density at radius 3 is 2.34 bits per heavy atom. The van der Waals surface area contributed by atoms with Crippen molar-refractivity contribution in [3.8, 4) is 0 Å². The summed E-state index contributed by atoms with van der Waals surface area (Å²) in [4.78, 5) is 32.4. The minimum Gasteiger partial charge on any atom is -0.507 e. The number of aliphatic hydroxyl groups is 1. The van der Waals surface area contributed by atoms with Gasteiger partial charge >= 0.3 is 5.91 Å². The SMILES string of the molecule is O=C1C(=O)N(c2nc3ccc(Br)cc3s2)C(c2ccc(Br)cc2)/C1=C(\O)c1ccccc1. The van der Waals surface area contributed by atoms with E-state index in [1.807, 2.05) is 48.5 Å². The number of amides is 1. The molecule has 1 aliphatic rings. The minimum atomic E-state index is -0.799. The highest BCUT2D eigenvalue weighted by molar-refractivity contribution is 9.10. The molecule has 0 bridgehead atoms. The summed E-state index contributed by atoms with van der Waals surface area (Å²) in [5.74, 6) is -1.66. The zero-order chi connectivity index (χ0) is 22.4. The third-order valence-electron chi connectivity index (χ3n) is 5.22. The number of fused-ring (bicyclic) bond motifs is 1. The Labute approximate surface area is 204 Å². The number of carbonyl (C=O) groups is 2. The standard InChI is InChI=1S/C24H14Br2N2O3S/c25-15-8-6-13(7-9-15)20-19(21(29)14-4-2-1-3-5-14)22(30)23(31)28(20)24-27-17-11-10-16(26)12-18(17)32-24/h1-12,20,29H/b21-19+. The first kappa shape index (κ1) is 21.1. The second-order valence-electron chi connectivity index (χ2n) is 7.20. The lowest BCUT2D eigenvalue weighted by Crippen LogP contribution is -2.29. The van der Waals surface area contributed by atoms with Gasteiger partial charge in [-0.05, 0) is 35.9 Å². The number of aliphatic hydroxyl groups excluding tert-OH is 1. The van der Waals surface area contributed by atoms with E-state index in [-0.39, 0.29) is 11.3 Å². The van der Waals surface area contributed by atoms with E-state index in [2.05, 4.69) is 36.8 Å². The van der Waals surface area contributed by atoms with Crippen LogP contribution in [0.25, 0.3) is 16.0 Å². The molecule has 1 N–H and O–H groups in total. The van der Waals surface area contributed by atoms with Gasteiger partial charge < -0.3 is 5.11 Å². The summed E-state index contributed by atoms with van der Waals surface area (Å²) in [6.07, 6.45) is 0. The average molecular weight is 570 g/mol. The highest BCUT2D eigenvalue weighted by Crippen LogP contribution is 2.44. The Bertz CT molecular complexity index is 1400. The molecule has 4 aromatic rings. The van der Waals surface area contributed by atoms with Crippen molar-refractivity contribution in [3.05, 3.63) is 98.4 Å². The maximum atomic E-state index is 13.2. The Kier molecular flexibility index (Phi) is 5.44. The highest BCUT2D eigenvalue weighted by Gasteiger charge is 2.48. The summed E-state index contributed by atoms with van der Waals surface area (Å²) in [6.45, 7) is 0. The smallest absolute Gasteiger partial charge is 0.301 e. The molecule has 5 nitrogen and oxygen atoms in total. The minimum absolute atomic E-state index is 0.0453. The fourth-order valence-corrected chi connectivity index (χ4v) is 5.54. The lowest BCUT2D eigenvalue weighted by molar-refractivity contribution is -0.132. The number of ketones is 1. The molecule has 8 heteroatoms. The third kappa shape index (κ3) is 3.58. The molecular formula is C24H14Br2N2O3S. The number of halogens is 2. The van der Waals surface area contributed by atoms with Gasteiger partial charge in [-0.2, -0.15) is 0 Å². The molecule has 32 heavy (non-hydrogen) atoms. The first-order valence-corrected chi connectivity index (χ1v) is 12.0. The molecule has 0 spiro atoms. The number of nitrogens with zero attached hydrogens (tertiary/aromatic N) is 2. The summed E-state index contributed by atoms with van der Waals surface area (Å²) < 4.78 is 2.65. The molecule has 0 aliphatic carbocycles. The molecule has 1 aliphatic heterocycles. The largest absolute Gasteiger partial charge is 0.507 e. The van der Waals surface area contributed by atoms with Crippen LogP contribution in [0.1, 0.15) is 17.2 Å². The molecule has 1 saturated heterocycles. The van der Waals surface area contributed by atoms with Crippen molar-refractivity contribution >= 4 is 76.0 Å². The van der Waals surface area contributed by atoms with Gasteiger partial charge in [-0.3, -0.25) is 14.5 Å². The van der Waals surface area contributed by atoms with Crippen LogP contribution >= 0.6 is 43.2 Å². The molecule has 0 radical (unpaired) electrons. The summed E-state index contributed by atoms with van der Waals surface area (Å²) >= 11 is 8.20. The van der Waals surface area contributed by atoms with Gasteiger partial charge in [0, 0.05) is 14.5 Å². The van der Waals surface area contributed by atoms with Crippen LogP contribution in [0.15, 0.2) is 87.3 Å². The van der Waals surface area contributed by atoms with E-state index >= 15 is 0 Å². The van der Waals surface area contributed by atoms with Crippen LogP contribution in [-0.2, 0) is 9.59 Å². The van der Waals surface area contributed by atoms with Gasteiger partial charge in [0.2, 0.25) is 0 Å². The van der Waals surface area contributed by atoms with Crippen molar-refractivity contribution in [2.24, 2.45) is 0 Å². The Morgan fingerprint density at radius 2 is 1.62 bits per heavy atom. The van der Waals surface area contributed by atoms with Crippen molar-refractivity contribution in [3.63, 3.8) is 0 Å². The number of anilines is 1. The van der Waals surface area contributed by atoms with Gasteiger partial charge in [-0.25, -0.2) is 4.98 Å². The van der Waals surface area contributed by atoms with Gasteiger partial charge in [0.25, 0.3) is 5.78 Å². The summed E-state index contributed by atoms with van der Waals surface area (Å²) in [7, 11) is 0. The van der Waals surface area contributed by atoms with E-state index in [1.54, 1.807) is 24.3 Å². The van der Waals surface area contributed by atoms with Gasteiger partial charge in [-0.1, -0.05) is 85.7 Å². The first-order chi connectivity index (χ1) is 15.4. The molecular weight excluding hydrogens is 556 g/mol. The number of Topliss-reactive ketones (excluding diaryl/α,β-unsaturated/α-hetero) is 1. The molecule has 158 valence electrons. The van der Waals surface area contributed by atoms with E-state index in [0.717, 1.165) is 19.2 Å². The molecule has 1 atom stereocenters. The zero-order valence-corrected chi connectivity index (χ0v) is 20.3. The van der Waals surface area contributed by atoms with E-state index in [4.69, 9.17) is 0 Å². The van der Waals surface area contributed by atoms with Crippen LogP contribution in [0, 0.1) is 0 Å². The van der Waals surface area contributed by atoms with E-state index < -0.39 is 17.7 Å². The molecule has 5 rings (SSSR count). The van der Waals surface area contributed by atoms with Crippen molar-refractivity contribution in [1.29, 1.82) is 0 Å². The van der Waals surface area contributed by atoms with Gasteiger partial charge in [-0.15, -0.1) is 0 Å². The highest BCUT2D eigenvalue weighted by atomic mass is 79.9. The number of hydrogen-bond acceptors (Lipinski definition) is 5. The lowest BCUT2D eigenvalue weighted by atomic mass is 9.95. The topological polar surface area (TPSA) is 70.5 Å². The van der Waals surface area contributed by atoms with E-state index in [0.29, 0.717) is 16.3 Å². The number of rotatable bonds is 3. The summed E-state index contributed by atoms with van der Waals surface area (Å²) in [6, 6.07) is 21.0. The van der Waals surface area contributed by atoms with Crippen molar-refractivity contribution < 1.29 is 14.7 Å². The Hall–Kier alpha value is -2.81. The van der Waals surface area contributed by atoms with E-state index in [1.165, 1.54) is 16.2 Å². The van der Waals surface area contributed by atoms with Gasteiger partial charge in [0.05, 0.1) is 21.8 Å². The second kappa shape index (κ2) is 8.27. The van der Waals surface area contributed by atoms with Crippen LogP contribution in [0.5, 0.6) is 0 Å². The third-order valence-corrected chi connectivity index (χ3v) is 7.26. The maximum absolute atomic E-state index is 13.2. The predicted molar refractivity (Wildman–Crippen MR) is 133 cm³/mol. The van der Waals surface area contributed by atoms with Crippen LogP contribution in [-0.4, -0.2) is 21.8 Å². The maximum Gasteiger partial charge on any atom is 0.301 e. The molecule has 1 aromatic heterocycles. The van der Waals surface area contributed by atoms with Crippen molar-refractivity contribution in [2.45, 2.75) is 6.04 Å². The van der Waals surface area contributed by atoms with Crippen LogP contribution < -0.4 is 4.90 Å². The Morgan fingerprint density at radius 1 is 0.938 bits per heavy atom. The number of benzene rings is 3. The molecule has 0 saturated carbocycles. The molecule has 1 fully saturated rings. The van der Waals surface area contributed by atoms with Crippen molar-refractivity contribution in [2.75, 3.05) is 4.90 Å². The van der Waals surface area contributed by atoms with Gasteiger partial charge in [0.1, 0.15) is 5.76 Å². The predicted octanol–water partition coefficient (Wildman–Crippen LogP) is 6.45. The number of thiazole rings is 1. The van der Waals surface area contributed by atoms with E-state index in [9.17, 15) is 14.7 Å². The average Bonchev–Trinajstić information content (AvgIpc) is 3.32. The number of hydrogen-bond donors (Lipinski definition) is 1. The molecule has 2 heterocycles. The number of aromatic nitrogens is 1. The van der Waals surface area contributed by atoms with Crippen LogP contribution in [0.4, 0.5) is 5.13 Å². The fraction of sp³-hybridized carbons (Fsp3) is 0.0417.